The zero-order valence-electron chi connectivity index (χ0n) is 14.8. The van der Waals surface area contributed by atoms with Gasteiger partial charge in [0, 0.05) is 21.1 Å². The second kappa shape index (κ2) is 7.33. The van der Waals surface area contributed by atoms with Crippen LogP contribution < -0.4 is 10.3 Å². The molecule has 0 aliphatic rings. The fourth-order valence-corrected chi connectivity index (χ4v) is 2.31. The van der Waals surface area contributed by atoms with E-state index in [-0.39, 0.29) is 11.3 Å². The Hall–Kier alpha value is -2.61. The number of alkyl halides is 3. The topological polar surface area (TPSA) is 35.6 Å². The third kappa shape index (κ3) is 4.32. The lowest BCUT2D eigenvalue weighted by Gasteiger charge is -2.29. The minimum Gasteiger partial charge on any atom is -0.320 e. The Morgan fingerprint density at radius 2 is 1.69 bits per heavy atom. The monoisotopic (exact) mass is 369 g/mol. The van der Waals surface area contributed by atoms with Crippen molar-refractivity contribution in [1.82, 2.24) is 5.01 Å². The third-order valence-corrected chi connectivity index (χ3v) is 3.89. The first kappa shape index (κ1) is 19.7. The summed E-state index contributed by atoms with van der Waals surface area (Å²) in [7, 11) is 5.03. The molecule has 2 aromatic rings. The fraction of sp³-hybridized carbons (Fsp3) is 0.278. The van der Waals surface area contributed by atoms with Gasteiger partial charge in [-0.15, -0.1) is 0 Å². The van der Waals surface area contributed by atoms with Crippen molar-refractivity contribution in [2.24, 2.45) is 0 Å². The second-order valence-electron chi connectivity index (χ2n) is 6.04. The minimum atomic E-state index is -4.57. The van der Waals surface area contributed by atoms with Gasteiger partial charge in [0.25, 0.3) is 5.91 Å². The van der Waals surface area contributed by atoms with Gasteiger partial charge in [0.15, 0.2) is 0 Å². The summed E-state index contributed by atoms with van der Waals surface area (Å²) in [6.45, 7) is 1.69. The maximum Gasteiger partial charge on any atom is 0.416 e. The van der Waals surface area contributed by atoms with E-state index in [4.69, 9.17) is 0 Å². The molecule has 0 unspecified atom stereocenters. The predicted octanol–water partition coefficient (Wildman–Crippen LogP) is 4.32. The highest BCUT2D eigenvalue weighted by atomic mass is 19.4. The van der Waals surface area contributed by atoms with Gasteiger partial charge in [-0.1, -0.05) is 11.6 Å². The fourth-order valence-electron chi connectivity index (χ4n) is 2.31. The van der Waals surface area contributed by atoms with Crippen LogP contribution in [0.3, 0.4) is 0 Å². The summed E-state index contributed by atoms with van der Waals surface area (Å²) in [5.41, 5.74) is -0.216. The van der Waals surface area contributed by atoms with Crippen molar-refractivity contribution in [2.45, 2.75) is 13.1 Å². The number of carbonyl (C=O) groups excluding carboxylic acids is 1. The van der Waals surface area contributed by atoms with E-state index in [1.807, 2.05) is 0 Å². The van der Waals surface area contributed by atoms with Crippen molar-refractivity contribution in [3.63, 3.8) is 0 Å². The van der Waals surface area contributed by atoms with Gasteiger partial charge in [-0.05, 0) is 37.3 Å². The van der Waals surface area contributed by atoms with Crippen molar-refractivity contribution < 1.29 is 22.4 Å². The Balaban J connectivity index is 2.48. The third-order valence-electron chi connectivity index (χ3n) is 3.89. The summed E-state index contributed by atoms with van der Waals surface area (Å²) in [5.74, 6) is -1.57. The number of hydrazine groups is 1. The molecule has 2 aromatic carbocycles. The van der Waals surface area contributed by atoms with Crippen LogP contribution in [0.2, 0.25) is 0 Å². The minimum absolute atomic E-state index is 0.0677. The van der Waals surface area contributed by atoms with Gasteiger partial charge < -0.3 is 10.3 Å². The summed E-state index contributed by atoms with van der Waals surface area (Å²) in [4.78, 5) is 12.4. The van der Waals surface area contributed by atoms with Crippen LogP contribution in [0.4, 0.5) is 28.9 Å². The van der Waals surface area contributed by atoms with E-state index in [0.717, 1.165) is 18.2 Å². The molecule has 0 heterocycles. The smallest absolute Gasteiger partial charge is 0.320 e. The number of nitrogens with zero attached hydrogens (tertiary/aromatic N) is 2. The van der Waals surface area contributed by atoms with E-state index < -0.39 is 23.5 Å². The van der Waals surface area contributed by atoms with Crippen LogP contribution in [0.25, 0.3) is 0 Å². The van der Waals surface area contributed by atoms with Crippen molar-refractivity contribution in [3.8, 4) is 0 Å². The number of anilines is 2. The van der Waals surface area contributed by atoms with E-state index in [9.17, 15) is 22.4 Å². The molecule has 0 radical (unpaired) electrons. The molecule has 0 bridgehead atoms. The largest absolute Gasteiger partial charge is 0.416 e. The zero-order valence-corrected chi connectivity index (χ0v) is 14.8. The summed E-state index contributed by atoms with van der Waals surface area (Å²) in [6, 6.07) is 7.00. The number of nitrogens with one attached hydrogen (secondary N) is 1. The number of hydrogen-bond donors (Lipinski definition) is 1. The van der Waals surface area contributed by atoms with Crippen molar-refractivity contribution in [2.75, 3.05) is 31.5 Å². The molecule has 0 aliphatic heterocycles. The molecule has 8 heteroatoms. The van der Waals surface area contributed by atoms with Crippen LogP contribution in [0, 0.1) is 12.7 Å². The number of halogens is 4. The van der Waals surface area contributed by atoms with Gasteiger partial charge in [0.2, 0.25) is 0 Å². The molecule has 0 saturated carbocycles. The van der Waals surface area contributed by atoms with Crippen LogP contribution in [0.1, 0.15) is 21.5 Å². The van der Waals surface area contributed by atoms with Gasteiger partial charge in [0.05, 0.1) is 22.5 Å². The van der Waals surface area contributed by atoms with E-state index in [1.54, 1.807) is 38.1 Å². The highest BCUT2D eigenvalue weighted by Crippen LogP contribution is 2.35. The van der Waals surface area contributed by atoms with Crippen molar-refractivity contribution >= 4 is 17.3 Å². The van der Waals surface area contributed by atoms with E-state index in [1.165, 1.54) is 18.2 Å². The number of amides is 1. The van der Waals surface area contributed by atoms with Gasteiger partial charge in [0.1, 0.15) is 5.82 Å². The van der Waals surface area contributed by atoms with Crippen LogP contribution in [0.5, 0.6) is 0 Å². The normalized spacial score (nSPS) is 11.6. The molecule has 2 rings (SSSR count). The molecule has 0 aliphatic carbocycles. The lowest BCUT2D eigenvalue weighted by atomic mass is 10.1. The molecule has 26 heavy (non-hydrogen) atoms. The first-order chi connectivity index (χ1) is 12.0. The summed E-state index contributed by atoms with van der Waals surface area (Å²) >= 11 is 0. The maximum atomic E-state index is 13.9. The Morgan fingerprint density at radius 3 is 2.27 bits per heavy atom. The Morgan fingerprint density at radius 1 is 1.04 bits per heavy atom. The molecule has 1 N–H and O–H groups in total. The predicted molar refractivity (Wildman–Crippen MR) is 92.6 cm³/mol. The Kier molecular flexibility index (Phi) is 5.56. The second-order valence-corrected chi connectivity index (χ2v) is 6.04. The molecule has 140 valence electrons. The van der Waals surface area contributed by atoms with Gasteiger partial charge in [-0.2, -0.15) is 13.2 Å². The molecule has 0 spiro atoms. The molecule has 1 amide bonds. The van der Waals surface area contributed by atoms with Gasteiger partial charge in [-0.25, -0.2) is 9.40 Å². The number of aryl methyl sites for hydroxylation is 1. The first-order valence-electron chi connectivity index (χ1n) is 7.70. The molecular weight excluding hydrogens is 350 g/mol. The van der Waals surface area contributed by atoms with Crippen LogP contribution in [0.15, 0.2) is 36.4 Å². The summed E-state index contributed by atoms with van der Waals surface area (Å²) in [5, 5.41) is 5.58. The zero-order chi connectivity index (χ0) is 19.6. The van der Waals surface area contributed by atoms with Crippen LogP contribution >= 0.6 is 0 Å². The molecule has 0 aromatic heterocycles. The van der Waals surface area contributed by atoms with Crippen molar-refractivity contribution in [3.05, 3.63) is 58.9 Å². The van der Waals surface area contributed by atoms with Crippen molar-refractivity contribution in [1.29, 1.82) is 0 Å². The number of benzene rings is 2. The number of rotatable bonds is 4. The lowest BCUT2D eigenvalue weighted by Crippen LogP contribution is -2.34. The average molecular weight is 369 g/mol. The Bertz CT molecular complexity index is 819. The molecule has 4 nitrogen and oxygen atoms in total. The highest BCUT2D eigenvalue weighted by Gasteiger charge is 2.31. The van der Waals surface area contributed by atoms with E-state index in [0.29, 0.717) is 11.3 Å². The number of carbonyl (C=O) groups is 1. The lowest BCUT2D eigenvalue weighted by molar-refractivity contribution is -0.137. The SMILES string of the molecule is Cc1ccc(F)c(C(=O)Nc2cc(C(F)(F)F)ccc2N(C)N(C)C)c1. The summed E-state index contributed by atoms with van der Waals surface area (Å²) in [6.07, 6.45) is -4.57. The van der Waals surface area contributed by atoms with Crippen LogP contribution in [-0.2, 0) is 6.18 Å². The molecular formula is C18H19F4N3O. The maximum absolute atomic E-state index is 13.9. The van der Waals surface area contributed by atoms with E-state index in [2.05, 4.69) is 5.32 Å². The standard InChI is InChI=1S/C18H19F4N3O/c1-11-5-7-14(19)13(9-11)17(26)23-15-10-12(18(20,21)22)6-8-16(15)25(4)24(2)3/h5-10H,1-4H3,(H,23,26). The summed E-state index contributed by atoms with van der Waals surface area (Å²) < 4.78 is 53.0. The van der Waals surface area contributed by atoms with E-state index >= 15 is 0 Å². The average Bonchev–Trinajstić information content (AvgIpc) is 2.55. The van der Waals surface area contributed by atoms with Gasteiger partial charge >= 0.3 is 6.18 Å². The van der Waals surface area contributed by atoms with Gasteiger partial charge in [-0.3, -0.25) is 4.79 Å². The molecule has 0 saturated heterocycles. The van der Waals surface area contributed by atoms with Crippen LogP contribution in [-0.4, -0.2) is 32.1 Å². The quantitative estimate of drug-likeness (QED) is 0.644. The highest BCUT2D eigenvalue weighted by molar-refractivity contribution is 6.06. The Labute approximate surface area is 149 Å². The molecule has 0 atom stereocenters. The first-order valence-corrected chi connectivity index (χ1v) is 7.70. The molecule has 0 fully saturated rings. The number of hydrogen-bond acceptors (Lipinski definition) is 3.